The van der Waals surface area contributed by atoms with Gasteiger partial charge in [-0.1, -0.05) is 24.3 Å². The van der Waals surface area contributed by atoms with Gasteiger partial charge in [-0.3, -0.25) is 4.90 Å². The van der Waals surface area contributed by atoms with E-state index in [-0.39, 0.29) is 12.1 Å². The van der Waals surface area contributed by atoms with Crippen LogP contribution < -0.4 is 19.9 Å². The highest BCUT2D eigenvalue weighted by molar-refractivity contribution is 5.94. The minimum Gasteiger partial charge on any atom is -0.497 e. The van der Waals surface area contributed by atoms with Crippen LogP contribution in [-0.2, 0) is 6.42 Å². The molecule has 2 aromatic rings. The van der Waals surface area contributed by atoms with Crippen molar-refractivity contribution in [1.82, 2.24) is 5.32 Å². The van der Waals surface area contributed by atoms with Crippen LogP contribution in [0, 0.1) is 5.92 Å². The molecule has 0 saturated carbocycles. The normalized spacial score (nSPS) is 21.3. The van der Waals surface area contributed by atoms with Crippen LogP contribution in [0.4, 0.5) is 16.2 Å². The second kappa shape index (κ2) is 7.51. The van der Waals surface area contributed by atoms with E-state index in [1.165, 1.54) is 11.3 Å². The third-order valence-corrected chi connectivity index (χ3v) is 5.67. The first-order valence-electron chi connectivity index (χ1n) is 9.69. The molecule has 0 spiro atoms. The van der Waals surface area contributed by atoms with Gasteiger partial charge in [-0.15, -0.1) is 0 Å². The molecule has 0 radical (unpaired) electrons. The zero-order valence-electron chi connectivity index (χ0n) is 16.0. The lowest BCUT2D eigenvalue weighted by Gasteiger charge is -2.24. The van der Waals surface area contributed by atoms with Crippen LogP contribution in [-0.4, -0.2) is 38.8 Å². The van der Waals surface area contributed by atoms with Crippen molar-refractivity contribution in [2.75, 3.05) is 36.5 Å². The molecule has 1 saturated heterocycles. The standard InChI is InChI=1S/C22H27N3O2/c1-16-12-18-6-3-4-9-21(18)25(16)22(26)23-14-17-10-11-24(15-17)19-7-5-8-20(13-19)27-2/h3-9,13,16-17H,10-12,14-15H2,1-2H3,(H,23,26). The van der Waals surface area contributed by atoms with E-state index in [4.69, 9.17) is 4.74 Å². The summed E-state index contributed by atoms with van der Waals surface area (Å²) in [5.74, 6) is 1.35. The summed E-state index contributed by atoms with van der Waals surface area (Å²) in [6, 6.07) is 16.6. The van der Waals surface area contributed by atoms with Crippen molar-refractivity contribution in [2.24, 2.45) is 5.92 Å². The van der Waals surface area contributed by atoms with E-state index in [0.29, 0.717) is 12.5 Å². The summed E-state index contributed by atoms with van der Waals surface area (Å²) in [5.41, 5.74) is 3.49. The van der Waals surface area contributed by atoms with Crippen LogP contribution >= 0.6 is 0 Å². The zero-order valence-corrected chi connectivity index (χ0v) is 16.0. The Morgan fingerprint density at radius 1 is 1.22 bits per heavy atom. The number of anilines is 2. The number of benzene rings is 2. The van der Waals surface area contributed by atoms with E-state index in [0.717, 1.165) is 37.4 Å². The Hall–Kier alpha value is -2.69. The van der Waals surface area contributed by atoms with E-state index in [1.807, 2.05) is 35.2 Å². The highest BCUT2D eigenvalue weighted by Crippen LogP contribution is 2.32. The van der Waals surface area contributed by atoms with Crippen molar-refractivity contribution in [3.05, 3.63) is 54.1 Å². The molecule has 142 valence electrons. The third-order valence-electron chi connectivity index (χ3n) is 5.67. The first-order chi connectivity index (χ1) is 13.2. The fourth-order valence-corrected chi connectivity index (χ4v) is 4.23. The highest BCUT2D eigenvalue weighted by Gasteiger charge is 2.31. The number of carbonyl (C=O) groups excluding carboxylic acids is 1. The van der Waals surface area contributed by atoms with Crippen molar-refractivity contribution in [3.63, 3.8) is 0 Å². The minimum absolute atomic E-state index is 0.0206. The molecular weight excluding hydrogens is 338 g/mol. The molecule has 1 fully saturated rings. The molecule has 5 nitrogen and oxygen atoms in total. The van der Waals surface area contributed by atoms with Crippen LogP contribution in [0.25, 0.3) is 0 Å². The Kier molecular flexibility index (Phi) is 4.92. The Balaban J connectivity index is 1.34. The second-order valence-corrected chi connectivity index (χ2v) is 7.54. The molecule has 2 aliphatic rings. The summed E-state index contributed by atoms with van der Waals surface area (Å²) >= 11 is 0. The van der Waals surface area contributed by atoms with E-state index >= 15 is 0 Å². The number of ether oxygens (including phenoxy) is 1. The van der Waals surface area contributed by atoms with Crippen LogP contribution in [0.3, 0.4) is 0 Å². The van der Waals surface area contributed by atoms with Gasteiger partial charge in [0.05, 0.1) is 7.11 Å². The predicted octanol–water partition coefficient (Wildman–Crippen LogP) is 3.68. The van der Waals surface area contributed by atoms with E-state index in [1.54, 1.807) is 7.11 Å². The van der Waals surface area contributed by atoms with Crippen molar-refractivity contribution >= 4 is 17.4 Å². The molecule has 2 amide bonds. The van der Waals surface area contributed by atoms with Crippen molar-refractivity contribution in [2.45, 2.75) is 25.8 Å². The van der Waals surface area contributed by atoms with Crippen LogP contribution in [0.5, 0.6) is 5.75 Å². The summed E-state index contributed by atoms with van der Waals surface area (Å²) in [7, 11) is 1.69. The molecule has 2 aromatic carbocycles. The second-order valence-electron chi connectivity index (χ2n) is 7.54. The van der Waals surface area contributed by atoms with Crippen molar-refractivity contribution < 1.29 is 9.53 Å². The highest BCUT2D eigenvalue weighted by atomic mass is 16.5. The van der Waals surface area contributed by atoms with Crippen LogP contribution in [0.1, 0.15) is 18.9 Å². The molecule has 2 aliphatic heterocycles. The van der Waals surface area contributed by atoms with Crippen molar-refractivity contribution in [1.29, 1.82) is 0 Å². The number of methoxy groups -OCH3 is 1. The van der Waals surface area contributed by atoms with E-state index < -0.39 is 0 Å². The quantitative estimate of drug-likeness (QED) is 0.899. The number of fused-ring (bicyclic) bond motifs is 1. The van der Waals surface area contributed by atoms with Crippen molar-refractivity contribution in [3.8, 4) is 5.75 Å². The molecule has 0 aromatic heterocycles. The van der Waals surface area contributed by atoms with Gasteiger partial charge in [0.1, 0.15) is 5.75 Å². The first kappa shape index (κ1) is 17.7. The predicted molar refractivity (Wildman–Crippen MR) is 109 cm³/mol. The summed E-state index contributed by atoms with van der Waals surface area (Å²) in [4.78, 5) is 17.1. The van der Waals surface area contributed by atoms with Gasteiger partial charge in [-0.2, -0.15) is 0 Å². The Bertz CT molecular complexity index is 823. The van der Waals surface area contributed by atoms with Gasteiger partial charge in [0.15, 0.2) is 0 Å². The Labute approximate surface area is 160 Å². The number of rotatable bonds is 4. The van der Waals surface area contributed by atoms with Gasteiger partial charge in [0.25, 0.3) is 0 Å². The van der Waals surface area contributed by atoms with Gasteiger partial charge in [-0.05, 0) is 49.4 Å². The summed E-state index contributed by atoms with van der Waals surface area (Å²) in [6.07, 6.45) is 2.01. The van der Waals surface area contributed by atoms with Gasteiger partial charge in [-0.25, -0.2) is 4.79 Å². The molecule has 2 atom stereocenters. The SMILES string of the molecule is COc1cccc(N2CCC(CNC(=O)N3c4ccccc4CC3C)C2)c1. The Morgan fingerprint density at radius 2 is 2.07 bits per heavy atom. The number of amides is 2. The fraction of sp³-hybridized carbons (Fsp3) is 0.409. The average Bonchev–Trinajstić information content (AvgIpc) is 3.30. The number of para-hydroxylation sites is 1. The largest absolute Gasteiger partial charge is 0.497 e. The molecule has 27 heavy (non-hydrogen) atoms. The molecule has 0 aliphatic carbocycles. The molecule has 1 N–H and O–H groups in total. The lowest BCUT2D eigenvalue weighted by Crippen LogP contribution is -2.45. The minimum atomic E-state index is 0.0206. The average molecular weight is 365 g/mol. The molecule has 2 heterocycles. The number of nitrogens with zero attached hydrogens (tertiary/aromatic N) is 2. The lowest BCUT2D eigenvalue weighted by atomic mass is 10.1. The maximum Gasteiger partial charge on any atom is 0.322 e. The Morgan fingerprint density at radius 3 is 2.93 bits per heavy atom. The molecule has 2 unspecified atom stereocenters. The monoisotopic (exact) mass is 365 g/mol. The van der Waals surface area contributed by atoms with Gasteiger partial charge < -0.3 is 15.0 Å². The molecule has 0 bridgehead atoms. The summed E-state index contributed by atoms with van der Waals surface area (Å²) < 4.78 is 5.33. The lowest BCUT2D eigenvalue weighted by molar-refractivity contribution is 0.243. The number of carbonyl (C=O) groups is 1. The number of nitrogens with one attached hydrogen (secondary N) is 1. The van der Waals surface area contributed by atoms with Gasteiger partial charge in [0.2, 0.25) is 0 Å². The molecule has 4 rings (SSSR count). The number of hydrogen-bond acceptors (Lipinski definition) is 3. The fourth-order valence-electron chi connectivity index (χ4n) is 4.23. The number of urea groups is 1. The van der Waals surface area contributed by atoms with Gasteiger partial charge >= 0.3 is 6.03 Å². The molecule has 5 heteroatoms. The third kappa shape index (κ3) is 3.59. The van der Waals surface area contributed by atoms with E-state index in [9.17, 15) is 4.79 Å². The number of hydrogen-bond donors (Lipinski definition) is 1. The first-order valence-corrected chi connectivity index (χ1v) is 9.69. The maximum absolute atomic E-state index is 12.8. The summed E-state index contributed by atoms with van der Waals surface area (Å²) in [5, 5.41) is 3.17. The van der Waals surface area contributed by atoms with E-state index in [2.05, 4.69) is 35.3 Å². The summed E-state index contributed by atoms with van der Waals surface area (Å²) in [6.45, 7) is 4.79. The topological polar surface area (TPSA) is 44.8 Å². The smallest absolute Gasteiger partial charge is 0.322 e. The zero-order chi connectivity index (χ0) is 18.8. The molecular formula is C22H27N3O2. The van der Waals surface area contributed by atoms with Gasteiger partial charge in [0, 0.05) is 43.1 Å². The van der Waals surface area contributed by atoms with Crippen LogP contribution in [0.2, 0.25) is 0 Å². The maximum atomic E-state index is 12.8. The van der Waals surface area contributed by atoms with Crippen LogP contribution in [0.15, 0.2) is 48.5 Å².